The second-order valence-electron chi connectivity index (χ2n) is 9.21. The summed E-state index contributed by atoms with van der Waals surface area (Å²) in [4.78, 5) is 11.2. The van der Waals surface area contributed by atoms with Crippen LogP contribution in [0.5, 0.6) is 0 Å². The van der Waals surface area contributed by atoms with Gasteiger partial charge in [-0.2, -0.15) is 0 Å². The van der Waals surface area contributed by atoms with Gasteiger partial charge in [-0.25, -0.2) is 0 Å². The summed E-state index contributed by atoms with van der Waals surface area (Å²) in [5, 5.41) is 13.5. The fourth-order valence-corrected chi connectivity index (χ4v) is 3.88. The number of nitrogens with two attached hydrogens (primary N) is 1. The number of carbonyl (C=O) groups is 1. The predicted molar refractivity (Wildman–Crippen MR) is 150 cm³/mol. The van der Waals surface area contributed by atoms with Crippen molar-refractivity contribution in [1.82, 2.24) is 0 Å². The average Bonchev–Trinajstić information content (AvgIpc) is 2.86. The van der Waals surface area contributed by atoms with E-state index in [1.807, 2.05) is 36.4 Å². The molecule has 2 rings (SSSR count). The first kappa shape index (κ1) is 30.2. The van der Waals surface area contributed by atoms with Gasteiger partial charge in [0.2, 0.25) is 0 Å². The van der Waals surface area contributed by atoms with Crippen LogP contribution in [0, 0.1) is 0 Å². The lowest BCUT2D eigenvalue weighted by Crippen LogP contribution is -2.12. The van der Waals surface area contributed by atoms with Crippen LogP contribution in [0.2, 0.25) is 0 Å². The summed E-state index contributed by atoms with van der Waals surface area (Å²) in [5.74, 6) is -0.434. The van der Waals surface area contributed by atoms with E-state index in [4.69, 9.17) is 10.9 Å². The molecule has 0 saturated heterocycles. The number of carbonyl (C=O) groups excluding carboxylic acids is 1. The Morgan fingerprint density at radius 2 is 1.17 bits per heavy atom. The number of unbranched alkanes of at least 4 members (excludes halogenated alkanes) is 10. The second kappa shape index (κ2) is 20.5. The summed E-state index contributed by atoms with van der Waals surface area (Å²) >= 11 is 0. The summed E-state index contributed by atoms with van der Waals surface area (Å²) in [6, 6.07) is 16.1. The number of oxime groups is 1. The number of hydrogen-bond acceptors (Lipinski definition) is 4. The molecule has 0 atom stereocenters. The highest BCUT2D eigenvalue weighted by atomic mass is 16.4. The number of anilines is 2. The van der Waals surface area contributed by atoms with Gasteiger partial charge in [-0.05, 0) is 61.1 Å². The van der Waals surface area contributed by atoms with Gasteiger partial charge in [0, 0.05) is 11.4 Å². The van der Waals surface area contributed by atoms with E-state index in [0.717, 1.165) is 18.3 Å². The highest BCUT2D eigenvalue weighted by Crippen LogP contribution is 2.14. The summed E-state index contributed by atoms with van der Waals surface area (Å²) in [6.45, 7) is 4.49. The molecule has 5 heteroatoms. The monoisotopic (exact) mass is 481 g/mol. The van der Waals surface area contributed by atoms with Crippen LogP contribution in [-0.4, -0.2) is 17.3 Å². The molecule has 4 N–H and O–H groups in total. The van der Waals surface area contributed by atoms with Crippen LogP contribution < -0.4 is 11.1 Å². The predicted octanol–water partition coefficient (Wildman–Crippen LogP) is 8.16. The zero-order valence-electron chi connectivity index (χ0n) is 22.0. The molecule has 0 saturated carbocycles. The zero-order valence-corrected chi connectivity index (χ0v) is 22.0. The maximum absolute atomic E-state index is 11.2. The van der Waals surface area contributed by atoms with Gasteiger partial charge in [-0.3, -0.25) is 4.79 Å². The third-order valence-electron chi connectivity index (χ3n) is 6.01. The summed E-state index contributed by atoms with van der Waals surface area (Å²) in [7, 11) is 0. The lowest BCUT2D eigenvalue weighted by molar-refractivity contribution is -0.110. The maximum Gasteiger partial charge on any atom is 0.270 e. The summed E-state index contributed by atoms with van der Waals surface area (Å²) in [6.07, 6.45) is 19.1. The van der Waals surface area contributed by atoms with Crippen molar-refractivity contribution in [3.8, 4) is 0 Å². The van der Waals surface area contributed by atoms with Gasteiger partial charge in [-0.15, -0.1) is 0 Å². The van der Waals surface area contributed by atoms with Gasteiger partial charge in [0.05, 0.1) is 0 Å². The molecule has 2 aromatic carbocycles. The Labute approximate surface area is 213 Å². The molecule has 0 spiro atoms. The molecule has 0 bridgehead atoms. The molecule has 0 radical (unpaired) electrons. The third-order valence-corrected chi connectivity index (χ3v) is 6.01. The van der Waals surface area contributed by atoms with Crippen LogP contribution in [-0.2, 0) is 17.6 Å². The van der Waals surface area contributed by atoms with E-state index in [-0.39, 0.29) is 0 Å². The molecule has 0 aromatic heterocycles. The van der Waals surface area contributed by atoms with Crippen molar-refractivity contribution in [3.63, 3.8) is 0 Å². The quantitative estimate of drug-likeness (QED) is 0.0743. The lowest BCUT2D eigenvalue weighted by atomic mass is 10.0. The standard InChI is InChI=1S/C16H24N2O2.C14H23N/c1-2-3-4-5-6-7-8-14-9-11-15(12-10-14)18-16(19)13-17-20;1-2-3-4-5-6-7-8-13-9-11-14(15)12-10-13/h9-13,20H,2-8H2,1H3,(H,18,19);9-12H,2-8,15H2,1H3/b17-13+;. The fraction of sp³-hybridized carbons (Fsp3) is 0.533. The number of rotatable bonds is 16. The van der Waals surface area contributed by atoms with Crippen LogP contribution in [0.25, 0.3) is 0 Å². The Morgan fingerprint density at radius 1 is 0.743 bits per heavy atom. The molecular formula is C30H47N3O2. The number of benzene rings is 2. The van der Waals surface area contributed by atoms with E-state index in [1.54, 1.807) is 0 Å². The minimum absolute atomic E-state index is 0.434. The van der Waals surface area contributed by atoms with Gasteiger partial charge >= 0.3 is 0 Å². The van der Waals surface area contributed by atoms with Gasteiger partial charge in [0.15, 0.2) is 0 Å². The van der Waals surface area contributed by atoms with Crippen LogP contribution in [0.3, 0.4) is 0 Å². The van der Waals surface area contributed by atoms with E-state index in [9.17, 15) is 4.79 Å². The van der Waals surface area contributed by atoms with Crippen LogP contribution >= 0.6 is 0 Å². The Kier molecular flexibility index (Phi) is 17.7. The molecule has 2 aromatic rings. The van der Waals surface area contributed by atoms with Gasteiger partial charge in [0.1, 0.15) is 6.21 Å². The Morgan fingerprint density at radius 3 is 1.63 bits per heavy atom. The summed E-state index contributed by atoms with van der Waals surface area (Å²) in [5.41, 5.74) is 9.91. The smallest absolute Gasteiger partial charge is 0.270 e. The van der Waals surface area contributed by atoms with Crippen molar-refractivity contribution >= 4 is 23.5 Å². The molecule has 1 amide bonds. The molecule has 0 unspecified atom stereocenters. The van der Waals surface area contributed by atoms with Crippen molar-refractivity contribution in [2.75, 3.05) is 11.1 Å². The number of amides is 1. The highest BCUT2D eigenvalue weighted by molar-refractivity contribution is 6.31. The van der Waals surface area contributed by atoms with E-state index in [2.05, 4.69) is 36.5 Å². The number of nitrogens with zero attached hydrogens (tertiary/aromatic N) is 1. The van der Waals surface area contributed by atoms with Gasteiger partial charge < -0.3 is 16.3 Å². The first-order chi connectivity index (χ1) is 17.1. The zero-order chi connectivity index (χ0) is 25.6. The van der Waals surface area contributed by atoms with Gasteiger partial charge in [0.25, 0.3) is 5.91 Å². The first-order valence-electron chi connectivity index (χ1n) is 13.5. The van der Waals surface area contributed by atoms with Crippen molar-refractivity contribution in [2.45, 2.75) is 104 Å². The first-order valence-corrected chi connectivity index (χ1v) is 13.5. The molecule has 0 heterocycles. The lowest BCUT2D eigenvalue weighted by Gasteiger charge is -2.05. The fourth-order valence-electron chi connectivity index (χ4n) is 3.88. The third kappa shape index (κ3) is 16.4. The normalized spacial score (nSPS) is 10.7. The highest BCUT2D eigenvalue weighted by Gasteiger charge is 1.99. The summed E-state index contributed by atoms with van der Waals surface area (Å²) < 4.78 is 0. The van der Waals surface area contributed by atoms with Gasteiger partial charge in [-0.1, -0.05) is 107 Å². The molecule has 0 aliphatic heterocycles. The van der Waals surface area contributed by atoms with Crippen molar-refractivity contribution in [2.24, 2.45) is 5.16 Å². The second-order valence-corrected chi connectivity index (χ2v) is 9.21. The Hall–Kier alpha value is -2.82. The Bertz CT molecular complexity index is 801. The SMILES string of the molecule is CCCCCCCCc1ccc(N)cc1.CCCCCCCCc1ccc(NC(=O)/C=N/O)cc1. The minimum Gasteiger partial charge on any atom is -0.411 e. The van der Waals surface area contributed by atoms with Crippen molar-refractivity contribution in [1.29, 1.82) is 0 Å². The topological polar surface area (TPSA) is 87.7 Å². The van der Waals surface area contributed by atoms with Crippen molar-refractivity contribution in [3.05, 3.63) is 59.7 Å². The average molecular weight is 482 g/mol. The molecule has 0 aliphatic carbocycles. The van der Waals surface area contributed by atoms with E-state index in [0.29, 0.717) is 5.69 Å². The number of nitrogens with one attached hydrogen (secondary N) is 1. The van der Waals surface area contributed by atoms with E-state index < -0.39 is 5.91 Å². The van der Waals surface area contributed by atoms with Crippen molar-refractivity contribution < 1.29 is 10.0 Å². The van der Waals surface area contributed by atoms with E-state index >= 15 is 0 Å². The van der Waals surface area contributed by atoms with E-state index in [1.165, 1.54) is 94.6 Å². The Balaban J connectivity index is 0.000000365. The largest absolute Gasteiger partial charge is 0.411 e. The molecular weight excluding hydrogens is 434 g/mol. The minimum atomic E-state index is -0.434. The molecule has 5 nitrogen and oxygen atoms in total. The number of hydrogen-bond donors (Lipinski definition) is 3. The maximum atomic E-state index is 11.2. The van der Waals surface area contributed by atoms with Crippen LogP contribution in [0.1, 0.15) is 102 Å². The van der Waals surface area contributed by atoms with Crippen LogP contribution in [0.15, 0.2) is 53.7 Å². The van der Waals surface area contributed by atoms with Crippen LogP contribution in [0.4, 0.5) is 11.4 Å². The molecule has 194 valence electrons. The number of nitrogen functional groups attached to an aromatic ring is 1. The molecule has 0 aliphatic rings. The molecule has 0 fully saturated rings. The molecule has 35 heavy (non-hydrogen) atoms. The number of aryl methyl sites for hydroxylation is 2.